The number of carbonyl (C=O) groups is 2. The summed E-state index contributed by atoms with van der Waals surface area (Å²) in [4.78, 5) is 24.0. The molecule has 1 aromatic rings. The number of rotatable bonds is 6. The standard InChI is InChI=1S/C14H19NO4/c1-10(14(17)18)15(2)13(16)8-11-5-4-6-12(7-11)9-19-3/h4-7,10H,8-9H2,1-3H3,(H,17,18). The Bertz CT molecular complexity index is 459. The normalized spacial score (nSPS) is 11.9. The van der Waals surface area contributed by atoms with Gasteiger partial charge in [-0.3, -0.25) is 4.79 Å². The first-order chi connectivity index (χ1) is 8.95. The highest BCUT2D eigenvalue weighted by Gasteiger charge is 2.21. The van der Waals surface area contributed by atoms with Crippen molar-refractivity contribution in [2.24, 2.45) is 0 Å². The summed E-state index contributed by atoms with van der Waals surface area (Å²) in [5.74, 6) is -1.23. The number of amides is 1. The Hall–Kier alpha value is -1.88. The molecule has 5 nitrogen and oxygen atoms in total. The summed E-state index contributed by atoms with van der Waals surface area (Å²) >= 11 is 0. The van der Waals surface area contributed by atoms with Crippen LogP contribution in [0.4, 0.5) is 0 Å². The van der Waals surface area contributed by atoms with Crippen LogP contribution < -0.4 is 0 Å². The number of likely N-dealkylation sites (N-methyl/N-ethyl adjacent to an activating group) is 1. The summed E-state index contributed by atoms with van der Waals surface area (Å²) in [6.07, 6.45) is 0.186. The van der Waals surface area contributed by atoms with Crippen LogP contribution in [0.15, 0.2) is 24.3 Å². The third-order valence-corrected chi connectivity index (χ3v) is 2.99. The molecule has 0 saturated carbocycles. The van der Waals surface area contributed by atoms with Crippen molar-refractivity contribution in [1.29, 1.82) is 0 Å². The van der Waals surface area contributed by atoms with E-state index in [1.807, 2.05) is 24.3 Å². The van der Waals surface area contributed by atoms with Crippen LogP contribution in [-0.4, -0.2) is 42.1 Å². The lowest BCUT2D eigenvalue weighted by molar-refractivity contribution is -0.147. The molecule has 1 unspecified atom stereocenters. The van der Waals surface area contributed by atoms with Crippen molar-refractivity contribution in [3.8, 4) is 0 Å². The quantitative estimate of drug-likeness (QED) is 0.842. The SMILES string of the molecule is COCc1cccc(CC(=O)N(C)C(C)C(=O)O)c1. The van der Waals surface area contributed by atoms with Gasteiger partial charge in [0, 0.05) is 14.2 Å². The topological polar surface area (TPSA) is 66.8 Å². The number of methoxy groups -OCH3 is 1. The van der Waals surface area contributed by atoms with Crippen molar-refractivity contribution in [3.05, 3.63) is 35.4 Å². The molecule has 0 aliphatic rings. The molecule has 19 heavy (non-hydrogen) atoms. The average Bonchev–Trinajstić information content (AvgIpc) is 2.37. The monoisotopic (exact) mass is 265 g/mol. The van der Waals surface area contributed by atoms with E-state index in [1.54, 1.807) is 7.11 Å². The molecule has 0 spiro atoms. The summed E-state index contributed by atoms with van der Waals surface area (Å²) in [7, 11) is 3.11. The predicted octanol–water partition coefficient (Wildman–Crippen LogP) is 1.31. The Kier molecular flexibility index (Phi) is 5.51. The molecule has 5 heteroatoms. The minimum atomic E-state index is -1.01. The highest BCUT2D eigenvalue weighted by atomic mass is 16.5. The Morgan fingerprint density at radius 2 is 2.00 bits per heavy atom. The minimum absolute atomic E-state index is 0.186. The van der Waals surface area contributed by atoms with Gasteiger partial charge in [-0.1, -0.05) is 24.3 Å². The first kappa shape index (κ1) is 15.2. The minimum Gasteiger partial charge on any atom is -0.480 e. The zero-order valence-electron chi connectivity index (χ0n) is 11.4. The lowest BCUT2D eigenvalue weighted by Crippen LogP contribution is -2.41. The van der Waals surface area contributed by atoms with Gasteiger partial charge in [-0.15, -0.1) is 0 Å². The van der Waals surface area contributed by atoms with E-state index in [0.717, 1.165) is 11.1 Å². The molecule has 0 aromatic heterocycles. The van der Waals surface area contributed by atoms with Crippen LogP contribution in [0, 0.1) is 0 Å². The zero-order chi connectivity index (χ0) is 14.4. The molecule has 0 heterocycles. The molecule has 0 fully saturated rings. The van der Waals surface area contributed by atoms with Crippen molar-refractivity contribution < 1.29 is 19.4 Å². The Labute approximate surface area is 112 Å². The third kappa shape index (κ3) is 4.37. The van der Waals surface area contributed by atoms with Crippen molar-refractivity contribution >= 4 is 11.9 Å². The Balaban J connectivity index is 2.71. The van der Waals surface area contributed by atoms with E-state index in [1.165, 1.54) is 18.9 Å². The van der Waals surface area contributed by atoms with E-state index in [4.69, 9.17) is 9.84 Å². The molecule has 1 N–H and O–H groups in total. The number of nitrogens with zero attached hydrogens (tertiary/aromatic N) is 1. The van der Waals surface area contributed by atoms with Crippen LogP contribution in [0.2, 0.25) is 0 Å². The summed E-state index contributed by atoms with van der Waals surface area (Å²) in [6.45, 7) is 1.98. The van der Waals surface area contributed by atoms with Gasteiger partial charge in [-0.05, 0) is 18.1 Å². The van der Waals surface area contributed by atoms with Gasteiger partial charge in [0.05, 0.1) is 13.0 Å². The van der Waals surface area contributed by atoms with Crippen LogP contribution in [0.1, 0.15) is 18.1 Å². The van der Waals surface area contributed by atoms with Gasteiger partial charge >= 0.3 is 5.97 Å². The van der Waals surface area contributed by atoms with Crippen molar-refractivity contribution in [1.82, 2.24) is 4.90 Å². The fraction of sp³-hybridized carbons (Fsp3) is 0.429. The smallest absolute Gasteiger partial charge is 0.326 e. The summed E-state index contributed by atoms with van der Waals surface area (Å²) in [5.41, 5.74) is 1.84. The summed E-state index contributed by atoms with van der Waals surface area (Å²) in [6, 6.07) is 6.69. The van der Waals surface area contributed by atoms with E-state index >= 15 is 0 Å². The molecule has 0 saturated heterocycles. The summed E-state index contributed by atoms with van der Waals surface area (Å²) in [5, 5.41) is 8.87. The van der Waals surface area contributed by atoms with Crippen LogP contribution in [0.5, 0.6) is 0 Å². The second-order valence-corrected chi connectivity index (χ2v) is 4.45. The van der Waals surface area contributed by atoms with E-state index in [2.05, 4.69) is 0 Å². The number of hydrogen-bond donors (Lipinski definition) is 1. The van der Waals surface area contributed by atoms with E-state index in [-0.39, 0.29) is 12.3 Å². The number of benzene rings is 1. The molecule has 1 aromatic carbocycles. The van der Waals surface area contributed by atoms with Crippen LogP contribution in [0.3, 0.4) is 0 Å². The Morgan fingerprint density at radius 1 is 1.37 bits per heavy atom. The number of aliphatic carboxylic acids is 1. The van der Waals surface area contributed by atoms with Crippen molar-refractivity contribution in [2.45, 2.75) is 26.0 Å². The molecule has 0 radical (unpaired) electrons. The van der Waals surface area contributed by atoms with Gasteiger partial charge in [0.2, 0.25) is 5.91 Å². The second kappa shape index (κ2) is 6.89. The first-order valence-corrected chi connectivity index (χ1v) is 6.01. The fourth-order valence-corrected chi connectivity index (χ4v) is 1.68. The fourth-order valence-electron chi connectivity index (χ4n) is 1.68. The molecule has 0 bridgehead atoms. The highest BCUT2D eigenvalue weighted by molar-refractivity contribution is 5.84. The molecule has 104 valence electrons. The molecule has 1 rings (SSSR count). The zero-order valence-corrected chi connectivity index (χ0v) is 11.4. The third-order valence-electron chi connectivity index (χ3n) is 2.99. The van der Waals surface area contributed by atoms with Gasteiger partial charge in [-0.25, -0.2) is 4.79 Å². The first-order valence-electron chi connectivity index (χ1n) is 6.01. The maximum atomic E-state index is 12.0. The average molecular weight is 265 g/mol. The van der Waals surface area contributed by atoms with Gasteiger partial charge in [0.1, 0.15) is 6.04 Å². The lowest BCUT2D eigenvalue weighted by Gasteiger charge is -2.21. The maximum absolute atomic E-state index is 12.0. The molecule has 1 amide bonds. The van der Waals surface area contributed by atoms with E-state index < -0.39 is 12.0 Å². The van der Waals surface area contributed by atoms with Crippen LogP contribution in [0.25, 0.3) is 0 Å². The number of ether oxygens (including phenoxy) is 1. The Morgan fingerprint density at radius 3 is 2.58 bits per heavy atom. The van der Waals surface area contributed by atoms with Gasteiger partial charge < -0.3 is 14.7 Å². The largest absolute Gasteiger partial charge is 0.480 e. The van der Waals surface area contributed by atoms with Crippen LogP contribution >= 0.6 is 0 Å². The van der Waals surface area contributed by atoms with E-state index in [0.29, 0.717) is 6.61 Å². The number of carboxylic acids is 1. The molecular weight excluding hydrogens is 246 g/mol. The number of carbonyl (C=O) groups excluding carboxylic acids is 1. The summed E-state index contributed by atoms with van der Waals surface area (Å²) < 4.78 is 5.03. The number of hydrogen-bond acceptors (Lipinski definition) is 3. The molecular formula is C14H19NO4. The van der Waals surface area contributed by atoms with Crippen LogP contribution in [-0.2, 0) is 27.4 Å². The van der Waals surface area contributed by atoms with Gasteiger partial charge in [0.25, 0.3) is 0 Å². The van der Waals surface area contributed by atoms with Crippen molar-refractivity contribution in [3.63, 3.8) is 0 Å². The van der Waals surface area contributed by atoms with E-state index in [9.17, 15) is 9.59 Å². The van der Waals surface area contributed by atoms with Gasteiger partial charge in [-0.2, -0.15) is 0 Å². The number of carboxylic acid groups (broad SMARTS) is 1. The maximum Gasteiger partial charge on any atom is 0.326 e. The highest BCUT2D eigenvalue weighted by Crippen LogP contribution is 2.09. The van der Waals surface area contributed by atoms with Crippen molar-refractivity contribution in [2.75, 3.05) is 14.2 Å². The molecule has 0 aliphatic heterocycles. The molecule has 1 atom stereocenters. The van der Waals surface area contributed by atoms with Gasteiger partial charge in [0.15, 0.2) is 0 Å². The molecule has 0 aliphatic carbocycles. The second-order valence-electron chi connectivity index (χ2n) is 4.45. The predicted molar refractivity (Wildman–Crippen MR) is 70.7 cm³/mol. The lowest BCUT2D eigenvalue weighted by atomic mass is 10.1.